The van der Waals surface area contributed by atoms with Gasteiger partial charge >= 0.3 is 0 Å². The van der Waals surface area contributed by atoms with Crippen molar-refractivity contribution in [3.8, 4) is 11.4 Å². The zero-order valence-electron chi connectivity index (χ0n) is 11.7. The fourth-order valence-corrected chi connectivity index (χ4v) is 2.62. The largest absolute Gasteiger partial charge is 0.302 e. The fourth-order valence-electron chi connectivity index (χ4n) is 1.89. The second-order valence-electron chi connectivity index (χ2n) is 4.56. The number of carbonyl (C=O) groups excluding carboxylic acids is 1. The number of aryl methyl sites for hydroxylation is 1. The van der Waals surface area contributed by atoms with Gasteiger partial charge in [0, 0.05) is 24.5 Å². The van der Waals surface area contributed by atoms with E-state index in [1.807, 2.05) is 23.6 Å². The topological polar surface area (TPSA) is 85.6 Å². The molecule has 0 bridgehead atoms. The van der Waals surface area contributed by atoms with Crippen LogP contribution in [0.3, 0.4) is 0 Å². The molecule has 1 N–H and O–H groups in total. The number of nitrogens with one attached hydrogen (secondary N) is 1. The maximum Gasteiger partial charge on any atom is 0.226 e. The van der Waals surface area contributed by atoms with Crippen molar-refractivity contribution in [3.63, 3.8) is 0 Å². The van der Waals surface area contributed by atoms with Crippen LogP contribution in [0.5, 0.6) is 0 Å². The van der Waals surface area contributed by atoms with Crippen LogP contribution in [0.2, 0.25) is 0 Å². The normalized spacial score (nSPS) is 10.5. The molecule has 7 nitrogen and oxygen atoms in total. The maximum absolute atomic E-state index is 11.9. The summed E-state index contributed by atoms with van der Waals surface area (Å²) < 4.78 is 1.70. The summed E-state index contributed by atoms with van der Waals surface area (Å²) in [6.45, 7) is 0.671. The number of amides is 1. The smallest absolute Gasteiger partial charge is 0.226 e. The van der Waals surface area contributed by atoms with Crippen LogP contribution in [0, 0.1) is 0 Å². The molecule has 0 radical (unpaired) electrons. The third-order valence-electron chi connectivity index (χ3n) is 2.94. The Bertz CT molecular complexity index is 725. The molecule has 0 aromatic carbocycles. The summed E-state index contributed by atoms with van der Waals surface area (Å²) in [7, 11) is 0. The van der Waals surface area contributed by atoms with Crippen LogP contribution in [0.25, 0.3) is 11.4 Å². The van der Waals surface area contributed by atoms with Gasteiger partial charge in [-0.05, 0) is 18.6 Å². The van der Waals surface area contributed by atoms with E-state index in [4.69, 9.17) is 0 Å². The third kappa shape index (κ3) is 3.73. The highest BCUT2D eigenvalue weighted by molar-refractivity contribution is 7.14. The first kappa shape index (κ1) is 14.3. The summed E-state index contributed by atoms with van der Waals surface area (Å²) >= 11 is 1.39. The average molecular weight is 314 g/mol. The van der Waals surface area contributed by atoms with E-state index in [2.05, 4.69) is 25.4 Å². The van der Waals surface area contributed by atoms with Crippen molar-refractivity contribution in [1.82, 2.24) is 24.7 Å². The van der Waals surface area contributed by atoms with Crippen molar-refractivity contribution in [2.24, 2.45) is 0 Å². The predicted octanol–water partition coefficient (Wildman–Crippen LogP) is 2.22. The van der Waals surface area contributed by atoms with E-state index in [1.165, 1.54) is 17.7 Å². The van der Waals surface area contributed by atoms with Crippen molar-refractivity contribution in [1.29, 1.82) is 0 Å². The molecule has 0 unspecified atom stereocenters. The van der Waals surface area contributed by atoms with Crippen molar-refractivity contribution >= 4 is 22.4 Å². The third-order valence-corrected chi connectivity index (χ3v) is 3.69. The van der Waals surface area contributed by atoms with Crippen molar-refractivity contribution in [3.05, 3.63) is 42.4 Å². The summed E-state index contributed by atoms with van der Waals surface area (Å²) in [6, 6.07) is 5.65. The van der Waals surface area contributed by atoms with E-state index in [1.54, 1.807) is 17.2 Å². The molecule has 3 aromatic heterocycles. The first-order valence-corrected chi connectivity index (χ1v) is 7.68. The highest BCUT2D eigenvalue weighted by atomic mass is 32.1. The Morgan fingerprint density at radius 1 is 1.32 bits per heavy atom. The lowest BCUT2D eigenvalue weighted by Crippen LogP contribution is -2.12. The van der Waals surface area contributed by atoms with Gasteiger partial charge in [-0.1, -0.05) is 6.07 Å². The first-order chi connectivity index (χ1) is 10.8. The van der Waals surface area contributed by atoms with Crippen molar-refractivity contribution in [2.45, 2.75) is 19.4 Å². The van der Waals surface area contributed by atoms with Gasteiger partial charge in [-0.25, -0.2) is 9.97 Å². The SMILES string of the molecule is O=C(CCCn1cncn1)Nc1nc(-c2ccccn2)cs1. The minimum absolute atomic E-state index is 0.0537. The van der Waals surface area contributed by atoms with Gasteiger partial charge in [0.2, 0.25) is 5.91 Å². The van der Waals surface area contributed by atoms with E-state index in [9.17, 15) is 4.79 Å². The highest BCUT2D eigenvalue weighted by Crippen LogP contribution is 2.23. The van der Waals surface area contributed by atoms with Crippen LogP contribution in [0.4, 0.5) is 5.13 Å². The Morgan fingerprint density at radius 2 is 2.27 bits per heavy atom. The second-order valence-corrected chi connectivity index (χ2v) is 5.42. The number of aromatic nitrogens is 5. The van der Waals surface area contributed by atoms with E-state index in [-0.39, 0.29) is 5.91 Å². The Kier molecular flexibility index (Phi) is 4.50. The maximum atomic E-state index is 11.9. The number of thiazole rings is 1. The van der Waals surface area contributed by atoms with Crippen LogP contribution in [-0.4, -0.2) is 30.6 Å². The molecule has 3 rings (SSSR count). The molecule has 0 fully saturated rings. The number of anilines is 1. The number of pyridine rings is 1. The highest BCUT2D eigenvalue weighted by Gasteiger charge is 2.08. The van der Waals surface area contributed by atoms with E-state index in [0.717, 1.165) is 11.4 Å². The van der Waals surface area contributed by atoms with Gasteiger partial charge in [-0.15, -0.1) is 11.3 Å². The van der Waals surface area contributed by atoms with Gasteiger partial charge in [-0.3, -0.25) is 14.5 Å². The molecule has 0 aliphatic carbocycles. The summed E-state index contributed by atoms with van der Waals surface area (Å²) in [5.74, 6) is -0.0537. The molecule has 3 heterocycles. The number of carbonyl (C=O) groups is 1. The van der Waals surface area contributed by atoms with Gasteiger partial charge in [0.1, 0.15) is 18.3 Å². The minimum atomic E-state index is -0.0537. The molecule has 22 heavy (non-hydrogen) atoms. The molecule has 0 saturated heterocycles. The lowest BCUT2D eigenvalue weighted by Gasteiger charge is -2.02. The van der Waals surface area contributed by atoms with Gasteiger partial charge in [0.25, 0.3) is 0 Å². The number of rotatable bonds is 6. The van der Waals surface area contributed by atoms with E-state index in [0.29, 0.717) is 24.5 Å². The van der Waals surface area contributed by atoms with Crippen molar-refractivity contribution < 1.29 is 4.79 Å². The number of hydrogen-bond acceptors (Lipinski definition) is 6. The summed E-state index contributed by atoms with van der Waals surface area (Å²) in [5, 5.41) is 9.27. The molecule has 1 amide bonds. The minimum Gasteiger partial charge on any atom is -0.302 e. The molecule has 0 aliphatic rings. The fraction of sp³-hybridized carbons (Fsp3) is 0.214. The Hall–Kier alpha value is -2.61. The molecule has 0 atom stereocenters. The Labute approximate surface area is 131 Å². The summed E-state index contributed by atoms with van der Waals surface area (Å²) in [6.07, 6.45) is 5.95. The lowest BCUT2D eigenvalue weighted by molar-refractivity contribution is -0.116. The van der Waals surface area contributed by atoms with Gasteiger partial charge in [0.05, 0.1) is 5.69 Å². The van der Waals surface area contributed by atoms with E-state index < -0.39 is 0 Å². The molecule has 0 aliphatic heterocycles. The molecule has 8 heteroatoms. The molecular weight excluding hydrogens is 300 g/mol. The molecule has 112 valence electrons. The number of nitrogens with zero attached hydrogens (tertiary/aromatic N) is 5. The second kappa shape index (κ2) is 6.90. The van der Waals surface area contributed by atoms with Crippen LogP contribution in [-0.2, 0) is 11.3 Å². The Balaban J connectivity index is 1.50. The van der Waals surface area contributed by atoms with Crippen LogP contribution >= 0.6 is 11.3 Å². The predicted molar refractivity (Wildman–Crippen MR) is 83.2 cm³/mol. The average Bonchev–Trinajstić information content (AvgIpc) is 3.20. The lowest BCUT2D eigenvalue weighted by atomic mass is 10.3. The molecular formula is C14H14N6OS. The quantitative estimate of drug-likeness (QED) is 0.754. The first-order valence-electron chi connectivity index (χ1n) is 6.80. The standard InChI is InChI=1S/C14H14N6OS/c21-13(5-3-7-20-10-15-9-17-20)19-14-18-12(8-22-14)11-4-1-2-6-16-11/h1-2,4,6,8-10H,3,5,7H2,(H,18,19,21). The van der Waals surface area contributed by atoms with E-state index >= 15 is 0 Å². The zero-order valence-corrected chi connectivity index (χ0v) is 12.5. The molecule has 0 spiro atoms. The van der Waals surface area contributed by atoms with Crippen LogP contribution in [0.15, 0.2) is 42.4 Å². The number of hydrogen-bond donors (Lipinski definition) is 1. The summed E-state index contributed by atoms with van der Waals surface area (Å²) in [4.78, 5) is 24.3. The molecule has 0 saturated carbocycles. The van der Waals surface area contributed by atoms with Gasteiger partial charge in [-0.2, -0.15) is 5.10 Å². The van der Waals surface area contributed by atoms with Gasteiger partial charge in [0.15, 0.2) is 5.13 Å². The van der Waals surface area contributed by atoms with Crippen LogP contribution in [0.1, 0.15) is 12.8 Å². The Morgan fingerprint density at radius 3 is 3.05 bits per heavy atom. The molecule has 3 aromatic rings. The van der Waals surface area contributed by atoms with Crippen LogP contribution < -0.4 is 5.32 Å². The summed E-state index contributed by atoms with van der Waals surface area (Å²) in [5.41, 5.74) is 1.56. The van der Waals surface area contributed by atoms with Crippen molar-refractivity contribution in [2.75, 3.05) is 5.32 Å². The zero-order chi connectivity index (χ0) is 15.2. The monoisotopic (exact) mass is 314 g/mol. The van der Waals surface area contributed by atoms with Gasteiger partial charge < -0.3 is 5.32 Å².